The van der Waals surface area contributed by atoms with E-state index >= 15 is 0 Å². The Kier molecular flexibility index (Phi) is 3.15. The monoisotopic (exact) mass is 250 g/mol. The lowest BCUT2D eigenvalue weighted by Crippen LogP contribution is -2.11. The zero-order valence-electron chi connectivity index (χ0n) is 8.50. The van der Waals surface area contributed by atoms with Gasteiger partial charge in [-0.25, -0.2) is 22.0 Å². The molecular formula is C11H7F5O. The summed E-state index contributed by atoms with van der Waals surface area (Å²) in [5, 5.41) is 0. The van der Waals surface area contributed by atoms with Crippen molar-refractivity contribution >= 4 is 5.57 Å². The van der Waals surface area contributed by atoms with Crippen molar-refractivity contribution in [1.82, 2.24) is 0 Å². The maximum absolute atomic E-state index is 13.4. The molecule has 0 unspecified atom stereocenters. The van der Waals surface area contributed by atoms with Gasteiger partial charge < -0.3 is 4.74 Å². The standard InChI is InChI=1S/C11H7F5O/c12-7-6(5-1-3-17-4-2-5)8(13)10(15)11(16)9(7)14/h1H,2-4H2. The summed E-state index contributed by atoms with van der Waals surface area (Å²) in [6.07, 6.45) is 1.42. The van der Waals surface area contributed by atoms with Crippen LogP contribution in [0, 0.1) is 29.1 Å². The second kappa shape index (κ2) is 4.44. The van der Waals surface area contributed by atoms with Gasteiger partial charge in [0.2, 0.25) is 5.82 Å². The van der Waals surface area contributed by atoms with Gasteiger partial charge in [-0.1, -0.05) is 6.08 Å². The van der Waals surface area contributed by atoms with E-state index in [4.69, 9.17) is 4.74 Å². The van der Waals surface area contributed by atoms with Crippen molar-refractivity contribution in [2.75, 3.05) is 13.2 Å². The van der Waals surface area contributed by atoms with Crippen LogP contribution in [0.3, 0.4) is 0 Å². The molecule has 0 bridgehead atoms. The fraction of sp³-hybridized carbons (Fsp3) is 0.273. The Balaban J connectivity index is 2.65. The van der Waals surface area contributed by atoms with E-state index in [9.17, 15) is 22.0 Å². The fourth-order valence-electron chi connectivity index (χ4n) is 1.64. The van der Waals surface area contributed by atoms with Gasteiger partial charge in [0.25, 0.3) is 0 Å². The molecule has 92 valence electrons. The van der Waals surface area contributed by atoms with Gasteiger partial charge in [-0.15, -0.1) is 0 Å². The summed E-state index contributed by atoms with van der Waals surface area (Å²) in [5.74, 6) is -9.59. The summed E-state index contributed by atoms with van der Waals surface area (Å²) in [6, 6.07) is 0. The molecule has 1 heterocycles. The predicted octanol–water partition coefficient (Wildman–Crippen LogP) is 3.19. The summed E-state index contributed by atoms with van der Waals surface area (Å²) in [7, 11) is 0. The van der Waals surface area contributed by atoms with Crippen LogP contribution < -0.4 is 0 Å². The molecule has 17 heavy (non-hydrogen) atoms. The molecule has 1 aromatic carbocycles. The molecule has 1 aromatic rings. The highest BCUT2D eigenvalue weighted by atomic mass is 19.2. The Bertz CT molecular complexity index is 466. The third-order valence-corrected chi connectivity index (χ3v) is 2.49. The SMILES string of the molecule is Fc1c(F)c(F)c(C2=CCOCC2)c(F)c1F. The van der Waals surface area contributed by atoms with Gasteiger partial charge in [-0.3, -0.25) is 0 Å². The van der Waals surface area contributed by atoms with Gasteiger partial charge in [0.1, 0.15) is 0 Å². The van der Waals surface area contributed by atoms with Gasteiger partial charge in [-0.05, 0) is 12.0 Å². The first-order chi connectivity index (χ1) is 8.04. The second-order valence-corrected chi connectivity index (χ2v) is 3.50. The molecule has 0 amide bonds. The normalized spacial score (nSPS) is 15.9. The average Bonchev–Trinajstić information content (AvgIpc) is 2.36. The largest absolute Gasteiger partial charge is 0.377 e. The van der Waals surface area contributed by atoms with E-state index in [2.05, 4.69) is 0 Å². The van der Waals surface area contributed by atoms with Crippen LogP contribution in [-0.2, 0) is 4.74 Å². The zero-order chi connectivity index (χ0) is 12.6. The fourth-order valence-corrected chi connectivity index (χ4v) is 1.64. The quantitative estimate of drug-likeness (QED) is 0.422. The van der Waals surface area contributed by atoms with Crippen molar-refractivity contribution in [2.45, 2.75) is 6.42 Å². The smallest absolute Gasteiger partial charge is 0.200 e. The van der Waals surface area contributed by atoms with Gasteiger partial charge in [0, 0.05) is 0 Å². The van der Waals surface area contributed by atoms with E-state index in [-0.39, 0.29) is 25.2 Å². The highest BCUT2D eigenvalue weighted by Crippen LogP contribution is 2.31. The van der Waals surface area contributed by atoms with Gasteiger partial charge >= 0.3 is 0 Å². The lowest BCUT2D eigenvalue weighted by Gasteiger charge is -2.15. The van der Waals surface area contributed by atoms with Gasteiger partial charge in [0.15, 0.2) is 23.3 Å². The van der Waals surface area contributed by atoms with E-state index in [0.717, 1.165) is 0 Å². The molecule has 1 aliphatic rings. The summed E-state index contributed by atoms with van der Waals surface area (Å²) < 4.78 is 70.3. The van der Waals surface area contributed by atoms with Crippen LogP contribution in [0.15, 0.2) is 6.08 Å². The summed E-state index contributed by atoms with van der Waals surface area (Å²) in [5.41, 5.74) is -0.784. The van der Waals surface area contributed by atoms with Crippen LogP contribution in [0.1, 0.15) is 12.0 Å². The van der Waals surface area contributed by atoms with Gasteiger partial charge in [-0.2, -0.15) is 0 Å². The van der Waals surface area contributed by atoms with E-state index in [1.54, 1.807) is 0 Å². The molecule has 0 fully saturated rings. The topological polar surface area (TPSA) is 9.23 Å². The minimum absolute atomic E-state index is 0.0732. The zero-order valence-corrected chi connectivity index (χ0v) is 8.50. The first kappa shape index (κ1) is 12.0. The minimum Gasteiger partial charge on any atom is -0.377 e. The van der Waals surface area contributed by atoms with Crippen LogP contribution in [0.2, 0.25) is 0 Å². The molecular weight excluding hydrogens is 243 g/mol. The van der Waals surface area contributed by atoms with E-state index in [0.29, 0.717) is 0 Å². The summed E-state index contributed by atoms with van der Waals surface area (Å²) >= 11 is 0. The molecule has 0 atom stereocenters. The Labute approximate surface area is 93.5 Å². The van der Waals surface area contributed by atoms with Crippen LogP contribution in [0.4, 0.5) is 22.0 Å². The number of ether oxygens (including phenoxy) is 1. The maximum Gasteiger partial charge on any atom is 0.200 e. The molecule has 0 saturated heterocycles. The molecule has 2 rings (SSSR count). The number of hydrogen-bond acceptors (Lipinski definition) is 1. The van der Waals surface area contributed by atoms with Crippen molar-refractivity contribution in [3.8, 4) is 0 Å². The predicted molar refractivity (Wildman–Crippen MR) is 49.6 cm³/mol. The Morgan fingerprint density at radius 2 is 1.35 bits per heavy atom. The highest BCUT2D eigenvalue weighted by Gasteiger charge is 2.27. The first-order valence-corrected chi connectivity index (χ1v) is 4.82. The highest BCUT2D eigenvalue weighted by molar-refractivity contribution is 5.67. The van der Waals surface area contributed by atoms with E-state index < -0.39 is 34.6 Å². The van der Waals surface area contributed by atoms with Crippen LogP contribution in [-0.4, -0.2) is 13.2 Å². The molecule has 0 aromatic heterocycles. The van der Waals surface area contributed by atoms with Crippen molar-refractivity contribution < 1.29 is 26.7 Å². The molecule has 0 aliphatic carbocycles. The van der Waals surface area contributed by atoms with Crippen molar-refractivity contribution in [2.24, 2.45) is 0 Å². The summed E-state index contributed by atoms with van der Waals surface area (Å²) in [6.45, 7) is 0.278. The lowest BCUT2D eigenvalue weighted by atomic mass is 9.99. The van der Waals surface area contributed by atoms with Crippen molar-refractivity contribution in [3.63, 3.8) is 0 Å². The first-order valence-electron chi connectivity index (χ1n) is 4.82. The minimum atomic E-state index is -2.14. The number of halogens is 5. The molecule has 0 spiro atoms. The van der Waals surface area contributed by atoms with Crippen LogP contribution in [0.5, 0.6) is 0 Å². The molecule has 1 nitrogen and oxygen atoms in total. The average molecular weight is 250 g/mol. The number of benzene rings is 1. The van der Waals surface area contributed by atoms with Crippen molar-refractivity contribution in [3.05, 3.63) is 40.7 Å². The molecule has 6 heteroatoms. The Hall–Kier alpha value is -1.43. The molecule has 0 N–H and O–H groups in total. The molecule has 1 aliphatic heterocycles. The van der Waals surface area contributed by atoms with Crippen LogP contribution in [0.25, 0.3) is 5.57 Å². The van der Waals surface area contributed by atoms with Crippen molar-refractivity contribution in [1.29, 1.82) is 0 Å². The van der Waals surface area contributed by atoms with Crippen LogP contribution >= 0.6 is 0 Å². The van der Waals surface area contributed by atoms with Gasteiger partial charge in [0.05, 0.1) is 18.8 Å². The Morgan fingerprint density at radius 3 is 1.82 bits per heavy atom. The third kappa shape index (κ3) is 1.93. The molecule has 0 saturated carbocycles. The number of hydrogen-bond donors (Lipinski definition) is 0. The second-order valence-electron chi connectivity index (χ2n) is 3.50. The number of rotatable bonds is 1. The van der Waals surface area contributed by atoms with E-state index in [1.807, 2.05) is 0 Å². The Morgan fingerprint density at radius 1 is 0.824 bits per heavy atom. The molecule has 0 radical (unpaired) electrons. The van der Waals surface area contributed by atoms with E-state index in [1.165, 1.54) is 6.08 Å². The summed E-state index contributed by atoms with van der Waals surface area (Å²) in [4.78, 5) is 0. The third-order valence-electron chi connectivity index (χ3n) is 2.49. The lowest BCUT2D eigenvalue weighted by molar-refractivity contribution is 0.161. The maximum atomic E-state index is 13.4.